The van der Waals surface area contributed by atoms with Crippen LogP contribution in [0.1, 0.15) is 0 Å². The van der Waals surface area contributed by atoms with Crippen LogP contribution in [0.15, 0.2) is 40.3 Å². The second-order valence-electron chi connectivity index (χ2n) is 2.73. The lowest BCUT2D eigenvalue weighted by Gasteiger charge is -1.89. The van der Waals surface area contributed by atoms with Crippen molar-refractivity contribution in [3.63, 3.8) is 0 Å². The molecule has 0 aliphatic heterocycles. The van der Waals surface area contributed by atoms with Crippen LogP contribution in [0.2, 0.25) is 0 Å². The maximum Gasteiger partial charge on any atom is 0.279 e. The highest BCUT2D eigenvalue weighted by Gasteiger charge is 1.98. The third kappa shape index (κ3) is 1.61. The fourth-order valence-corrected chi connectivity index (χ4v) is 1.53. The monoisotopic (exact) mass is 204 g/mol. The van der Waals surface area contributed by atoms with E-state index in [0.29, 0.717) is 10.9 Å². The molecule has 70 valence electrons. The predicted molar refractivity (Wildman–Crippen MR) is 57.6 cm³/mol. The normalized spacial score (nSPS) is 10.4. The number of benzene rings is 1. The van der Waals surface area contributed by atoms with Gasteiger partial charge in [0, 0.05) is 0 Å². The van der Waals surface area contributed by atoms with Crippen molar-refractivity contribution in [1.29, 1.82) is 0 Å². The minimum atomic E-state index is -0.228. The minimum Gasteiger partial charge on any atom is -0.267 e. The maximum absolute atomic E-state index is 11.5. The summed E-state index contributed by atoms with van der Waals surface area (Å²) in [6.07, 6.45) is 3.41. The molecule has 0 spiro atoms. The summed E-state index contributed by atoms with van der Waals surface area (Å²) >= 11 is 1.47. The fourth-order valence-electron chi connectivity index (χ4n) is 1.18. The Balaban J connectivity index is 2.91. The number of thioether (sulfide) groups is 1. The molecule has 3 nitrogen and oxygen atoms in total. The van der Waals surface area contributed by atoms with E-state index in [2.05, 4.69) is 9.97 Å². The van der Waals surface area contributed by atoms with Crippen LogP contribution in [0.5, 0.6) is 0 Å². The molecule has 2 aromatic rings. The molecule has 1 aromatic carbocycles. The summed E-state index contributed by atoms with van der Waals surface area (Å²) in [5, 5.41) is 1.32. The van der Waals surface area contributed by atoms with E-state index in [-0.39, 0.29) is 5.56 Å². The average Bonchev–Trinajstić information content (AvgIpc) is 2.39. The molecule has 0 aliphatic carbocycles. The molecular weight excluding hydrogens is 196 g/mol. The second-order valence-corrected chi connectivity index (χ2v) is 3.56. The molecule has 14 heavy (non-hydrogen) atoms. The van der Waals surface area contributed by atoms with Crippen molar-refractivity contribution in [1.82, 2.24) is 9.97 Å². The molecule has 0 atom stereocenters. The third-order valence-electron chi connectivity index (χ3n) is 1.87. The molecule has 4 heteroatoms. The van der Waals surface area contributed by atoms with Crippen molar-refractivity contribution >= 4 is 22.7 Å². The number of hydrogen-bond donors (Lipinski definition) is 0. The van der Waals surface area contributed by atoms with Crippen molar-refractivity contribution in [2.45, 2.75) is 5.03 Å². The highest BCUT2D eigenvalue weighted by Crippen LogP contribution is 2.11. The van der Waals surface area contributed by atoms with Crippen molar-refractivity contribution in [3.8, 4) is 0 Å². The first kappa shape index (κ1) is 9.15. The quantitative estimate of drug-likeness (QED) is 0.663. The number of fused-ring (bicyclic) bond motifs is 1. The van der Waals surface area contributed by atoms with E-state index in [1.807, 2.05) is 24.5 Å². The van der Waals surface area contributed by atoms with E-state index in [4.69, 9.17) is 0 Å². The zero-order valence-electron chi connectivity index (χ0n) is 7.60. The largest absolute Gasteiger partial charge is 0.279 e. The van der Waals surface area contributed by atoms with Crippen LogP contribution >= 0.6 is 11.8 Å². The molecule has 0 radical (unpaired) electrons. The van der Waals surface area contributed by atoms with Gasteiger partial charge in [0.05, 0.1) is 17.1 Å². The van der Waals surface area contributed by atoms with E-state index in [1.54, 1.807) is 6.07 Å². The maximum atomic E-state index is 11.5. The van der Waals surface area contributed by atoms with Crippen LogP contribution < -0.4 is 5.56 Å². The van der Waals surface area contributed by atoms with Crippen LogP contribution in [-0.2, 0) is 0 Å². The van der Waals surface area contributed by atoms with Gasteiger partial charge in [-0.1, -0.05) is 12.1 Å². The van der Waals surface area contributed by atoms with Gasteiger partial charge in [0.25, 0.3) is 5.56 Å². The van der Waals surface area contributed by atoms with E-state index in [9.17, 15) is 4.79 Å². The van der Waals surface area contributed by atoms with Crippen molar-refractivity contribution in [3.05, 3.63) is 40.8 Å². The van der Waals surface area contributed by atoms with Crippen molar-refractivity contribution in [2.75, 3.05) is 6.26 Å². The summed E-state index contributed by atoms with van der Waals surface area (Å²) in [6, 6.07) is 7.23. The summed E-state index contributed by atoms with van der Waals surface area (Å²) in [5.41, 5.74) is 0.466. The zero-order chi connectivity index (χ0) is 9.97. The Morgan fingerprint density at radius 1 is 1.29 bits per heavy atom. The number of para-hydroxylation sites is 1. The molecule has 0 unspecified atom stereocenters. The van der Waals surface area contributed by atoms with Gasteiger partial charge in [-0.05, 0) is 18.4 Å². The van der Waals surface area contributed by atoms with Gasteiger partial charge in [0.2, 0.25) is 0 Å². The smallest absolute Gasteiger partial charge is 0.267 e. The lowest BCUT2D eigenvalue weighted by atomic mass is 10.2. The minimum absolute atomic E-state index is 0.228. The lowest BCUT2D eigenvalue weighted by Crippen LogP contribution is -2.00. The van der Waals surface area contributed by atoms with E-state index in [1.165, 1.54) is 18.0 Å². The highest BCUT2D eigenvalue weighted by molar-refractivity contribution is 7.98. The summed E-state index contributed by atoms with van der Waals surface area (Å²) in [5.74, 6) is 0. The topological polar surface area (TPSA) is 42.9 Å². The van der Waals surface area contributed by atoms with Crippen LogP contribution in [0, 0.1) is 0 Å². The number of nitrogens with zero attached hydrogens (tertiary/aromatic N) is 2. The Morgan fingerprint density at radius 3 is 2.86 bits per heavy atom. The van der Waals surface area contributed by atoms with Gasteiger partial charge in [-0.25, -0.2) is 9.97 Å². The first-order valence-electron chi connectivity index (χ1n) is 4.11. The Morgan fingerprint density at radius 2 is 2.07 bits per heavy atom. The SMILES string of the molecule is CSc1cnc(=O)c2ccccc2n1. The Hall–Kier alpha value is -1.42. The first-order chi connectivity index (χ1) is 6.81. The number of hydrogen-bond acceptors (Lipinski definition) is 4. The summed E-state index contributed by atoms with van der Waals surface area (Å²) < 4.78 is 0. The number of rotatable bonds is 1. The molecule has 0 saturated heterocycles. The Kier molecular flexibility index (Phi) is 2.45. The first-order valence-corrected chi connectivity index (χ1v) is 5.34. The van der Waals surface area contributed by atoms with Gasteiger partial charge in [-0.3, -0.25) is 4.79 Å². The molecule has 0 bridgehead atoms. The Labute approximate surface area is 85.2 Å². The van der Waals surface area contributed by atoms with Gasteiger partial charge in [0.1, 0.15) is 5.03 Å². The predicted octanol–water partition coefficient (Wildman–Crippen LogP) is 1.71. The van der Waals surface area contributed by atoms with E-state index in [0.717, 1.165) is 5.03 Å². The highest BCUT2D eigenvalue weighted by atomic mass is 32.2. The standard InChI is InChI=1S/C10H8N2OS/c1-14-9-6-11-10(13)7-4-2-3-5-8(7)12-9/h2-6H,1H3. The molecule has 2 rings (SSSR count). The van der Waals surface area contributed by atoms with Crippen LogP contribution in [0.25, 0.3) is 10.9 Å². The van der Waals surface area contributed by atoms with Gasteiger partial charge < -0.3 is 0 Å². The van der Waals surface area contributed by atoms with Crippen molar-refractivity contribution in [2.24, 2.45) is 0 Å². The van der Waals surface area contributed by atoms with Crippen LogP contribution in [0.4, 0.5) is 0 Å². The van der Waals surface area contributed by atoms with Gasteiger partial charge in [0.15, 0.2) is 0 Å². The molecule has 1 heterocycles. The molecule has 0 aliphatic rings. The fraction of sp³-hybridized carbons (Fsp3) is 0.100. The molecule has 0 saturated carbocycles. The Bertz CT molecular complexity index is 527. The molecule has 0 amide bonds. The summed E-state index contributed by atoms with van der Waals surface area (Å²) in [4.78, 5) is 19.6. The van der Waals surface area contributed by atoms with Gasteiger partial charge in [-0.2, -0.15) is 0 Å². The molecule has 0 N–H and O–H groups in total. The zero-order valence-corrected chi connectivity index (χ0v) is 8.41. The molecular formula is C10H8N2OS. The summed E-state index contributed by atoms with van der Waals surface area (Å²) in [6.45, 7) is 0. The molecule has 1 aromatic heterocycles. The van der Waals surface area contributed by atoms with Gasteiger partial charge >= 0.3 is 0 Å². The van der Waals surface area contributed by atoms with Crippen molar-refractivity contribution < 1.29 is 0 Å². The molecule has 0 fully saturated rings. The van der Waals surface area contributed by atoms with Gasteiger partial charge in [-0.15, -0.1) is 11.8 Å². The lowest BCUT2D eigenvalue weighted by molar-refractivity contribution is 1.14. The van der Waals surface area contributed by atoms with E-state index >= 15 is 0 Å². The number of aromatic nitrogens is 2. The van der Waals surface area contributed by atoms with Crippen LogP contribution in [0.3, 0.4) is 0 Å². The van der Waals surface area contributed by atoms with E-state index < -0.39 is 0 Å². The third-order valence-corrected chi connectivity index (χ3v) is 2.48. The second kappa shape index (κ2) is 3.75. The average molecular weight is 204 g/mol. The van der Waals surface area contributed by atoms with Crippen LogP contribution in [-0.4, -0.2) is 16.2 Å². The summed E-state index contributed by atoms with van der Waals surface area (Å²) in [7, 11) is 0.